The molecule has 1 saturated heterocycles. The fourth-order valence-electron chi connectivity index (χ4n) is 4.99. The standard InChI is InChI=1S/C29H30ClN3O2/c1-20-14-21(2)16-25(15-20)35-13-6-5-12-32-27-11-4-3-10-26(27)31-29(32)22-17-28(34)33(19-22)24-9-7-8-23(30)18-24/h3-4,7-11,14-16,18,22H,5-6,12-13,17,19H2,1-2H3. The number of carbonyl (C=O) groups excluding carboxylic acids is 1. The summed E-state index contributed by atoms with van der Waals surface area (Å²) in [5.74, 6) is 2.07. The lowest BCUT2D eigenvalue weighted by molar-refractivity contribution is -0.117. The number of benzene rings is 3. The van der Waals surface area contributed by atoms with E-state index < -0.39 is 0 Å². The van der Waals surface area contributed by atoms with Crippen LogP contribution in [0.1, 0.15) is 42.1 Å². The summed E-state index contributed by atoms with van der Waals surface area (Å²) in [4.78, 5) is 19.7. The number of amides is 1. The smallest absolute Gasteiger partial charge is 0.227 e. The monoisotopic (exact) mass is 487 g/mol. The van der Waals surface area contributed by atoms with Gasteiger partial charge in [-0.2, -0.15) is 0 Å². The van der Waals surface area contributed by atoms with Crippen LogP contribution in [0.3, 0.4) is 0 Å². The molecule has 0 N–H and O–H groups in total. The molecule has 0 bridgehead atoms. The van der Waals surface area contributed by atoms with E-state index in [2.05, 4.69) is 42.7 Å². The molecule has 1 amide bonds. The number of hydrogen-bond acceptors (Lipinski definition) is 3. The van der Waals surface area contributed by atoms with Crippen molar-refractivity contribution in [2.24, 2.45) is 0 Å². The quantitative estimate of drug-likeness (QED) is 0.260. The summed E-state index contributed by atoms with van der Waals surface area (Å²) in [6.45, 7) is 6.31. The van der Waals surface area contributed by atoms with Crippen LogP contribution in [-0.4, -0.2) is 28.6 Å². The summed E-state index contributed by atoms with van der Waals surface area (Å²) < 4.78 is 8.30. The molecule has 1 atom stereocenters. The fraction of sp³-hybridized carbons (Fsp3) is 0.310. The molecule has 0 saturated carbocycles. The van der Waals surface area contributed by atoms with Crippen molar-refractivity contribution in [2.75, 3.05) is 18.1 Å². The molecule has 5 nitrogen and oxygen atoms in total. The highest BCUT2D eigenvalue weighted by molar-refractivity contribution is 6.30. The van der Waals surface area contributed by atoms with Crippen LogP contribution in [0, 0.1) is 13.8 Å². The number of imidazole rings is 1. The van der Waals surface area contributed by atoms with E-state index >= 15 is 0 Å². The van der Waals surface area contributed by atoms with Gasteiger partial charge in [0, 0.05) is 36.1 Å². The molecular weight excluding hydrogens is 458 g/mol. The number of para-hydroxylation sites is 2. The van der Waals surface area contributed by atoms with Crippen LogP contribution in [0.25, 0.3) is 11.0 Å². The highest BCUT2D eigenvalue weighted by atomic mass is 35.5. The average molecular weight is 488 g/mol. The predicted octanol–water partition coefficient (Wildman–Crippen LogP) is 6.69. The van der Waals surface area contributed by atoms with Gasteiger partial charge in [-0.1, -0.05) is 35.9 Å². The fourth-order valence-corrected chi connectivity index (χ4v) is 5.18. The second-order valence-corrected chi connectivity index (χ2v) is 9.81. The SMILES string of the molecule is Cc1cc(C)cc(OCCCCn2c(C3CC(=O)N(c4cccc(Cl)c4)C3)nc3ccccc32)c1. The molecule has 0 spiro atoms. The first-order valence-electron chi connectivity index (χ1n) is 12.2. The van der Waals surface area contributed by atoms with E-state index in [4.69, 9.17) is 21.3 Å². The van der Waals surface area contributed by atoms with Gasteiger partial charge in [-0.05, 0) is 80.3 Å². The van der Waals surface area contributed by atoms with E-state index in [1.807, 2.05) is 47.4 Å². The van der Waals surface area contributed by atoms with E-state index in [9.17, 15) is 4.79 Å². The maximum Gasteiger partial charge on any atom is 0.227 e. The van der Waals surface area contributed by atoms with Crippen molar-refractivity contribution in [1.82, 2.24) is 9.55 Å². The lowest BCUT2D eigenvalue weighted by Gasteiger charge is -2.18. The number of rotatable bonds is 8. The van der Waals surface area contributed by atoms with Gasteiger partial charge in [0.2, 0.25) is 5.91 Å². The normalized spacial score (nSPS) is 15.8. The molecule has 2 heterocycles. The largest absolute Gasteiger partial charge is 0.494 e. The first kappa shape index (κ1) is 23.4. The van der Waals surface area contributed by atoms with E-state index in [1.54, 1.807) is 0 Å². The number of halogens is 1. The number of nitrogens with zero attached hydrogens (tertiary/aromatic N) is 3. The average Bonchev–Trinajstić information content (AvgIpc) is 3.39. The minimum Gasteiger partial charge on any atom is -0.494 e. The highest BCUT2D eigenvalue weighted by Gasteiger charge is 2.34. The molecule has 35 heavy (non-hydrogen) atoms. The van der Waals surface area contributed by atoms with Crippen molar-refractivity contribution in [3.8, 4) is 5.75 Å². The number of aromatic nitrogens is 2. The van der Waals surface area contributed by atoms with Crippen molar-refractivity contribution < 1.29 is 9.53 Å². The van der Waals surface area contributed by atoms with Gasteiger partial charge in [0.15, 0.2) is 0 Å². The highest BCUT2D eigenvalue weighted by Crippen LogP contribution is 2.34. The van der Waals surface area contributed by atoms with Gasteiger partial charge in [0.05, 0.1) is 17.6 Å². The van der Waals surface area contributed by atoms with Crippen LogP contribution in [0.2, 0.25) is 5.02 Å². The predicted molar refractivity (Wildman–Crippen MR) is 142 cm³/mol. The summed E-state index contributed by atoms with van der Waals surface area (Å²) in [6.07, 6.45) is 2.36. The van der Waals surface area contributed by atoms with Crippen LogP contribution in [0.5, 0.6) is 5.75 Å². The molecular formula is C29H30ClN3O2. The Bertz CT molecular complexity index is 1340. The van der Waals surface area contributed by atoms with Crippen molar-refractivity contribution >= 4 is 34.2 Å². The van der Waals surface area contributed by atoms with E-state index in [0.29, 0.717) is 24.6 Å². The molecule has 1 aliphatic heterocycles. The van der Waals surface area contributed by atoms with Gasteiger partial charge in [0.1, 0.15) is 11.6 Å². The summed E-state index contributed by atoms with van der Waals surface area (Å²) in [5.41, 5.74) is 5.37. The van der Waals surface area contributed by atoms with Crippen molar-refractivity contribution in [3.63, 3.8) is 0 Å². The lowest BCUT2D eigenvalue weighted by atomic mass is 10.1. The van der Waals surface area contributed by atoms with Gasteiger partial charge in [-0.15, -0.1) is 0 Å². The Balaban J connectivity index is 1.29. The number of fused-ring (bicyclic) bond motifs is 1. The van der Waals surface area contributed by atoms with E-state index in [0.717, 1.165) is 47.7 Å². The zero-order valence-electron chi connectivity index (χ0n) is 20.2. The molecule has 1 aliphatic rings. The number of hydrogen-bond donors (Lipinski definition) is 0. The maximum atomic E-state index is 12.9. The molecule has 180 valence electrons. The Morgan fingerprint density at radius 2 is 1.80 bits per heavy atom. The molecule has 5 rings (SSSR count). The third-order valence-corrected chi connectivity index (χ3v) is 6.77. The molecule has 3 aromatic carbocycles. The number of carbonyl (C=O) groups is 1. The zero-order chi connectivity index (χ0) is 24.4. The number of unbranched alkanes of at least 4 members (excludes halogenated alkanes) is 1. The minimum atomic E-state index is 0.0420. The van der Waals surface area contributed by atoms with Crippen LogP contribution in [0.4, 0.5) is 5.69 Å². The van der Waals surface area contributed by atoms with Gasteiger partial charge < -0.3 is 14.2 Å². The van der Waals surface area contributed by atoms with Crippen LogP contribution < -0.4 is 9.64 Å². The summed E-state index contributed by atoms with van der Waals surface area (Å²) in [7, 11) is 0. The second kappa shape index (κ2) is 10.1. The molecule has 0 aliphatic carbocycles. The second-order valence-electron chi connectivity index (χ2n) is 9.37. The number of anilines is 1. The molecule has 1 aromatic heterocycles. The van der Waals surface area contributed by atoms with Crippen molar-refractivity contribution in [3.05, 3.63) is 88.7 Å². The van der Waals surface area contributed by atoms with Gasteiger partial charge in [-0.25, -0.2) is 4.98 Å². The summed E-state index contributed by atoms with van der Waals surface area (Å²) >= 11 is 6.18. The third-order valence-electron chi connectivity index (χ3n) is 6.53. The molecule has 1 unspecified atom stereocenters. The van der Waals surface area contributed by atoms with Crippen molar-refractivity contribution in [2.45, 2.75) is 45.6 Å². The Morgan fingerprint density at radius 1 is 1.00 bits per heavy atom. The van der Waals surface area contributed by atoms with Gasteiger partial charge in [0.25, 0.3) is 0 Å². The maximum absolute atomic E-state index is 12.9. The summed E-state index contributed by atoms with van der Waals surface area (Å²) in [5, 5.41) is 0.633. The molecule has 4 aromatic rings. The first-order valence-corrected chi connectivity index (χ1v) is 12.6. The lowest BCUT2D eigenvalue weighted by Crippen LogP contribution is -2.24. The summed E-state index contributed by atoms with van der Waals surface area (Å²) in [6, 6.07) is 22.0. The Morgan fingerprint density at radius 3 is 2.60 bits per heavy atom. The van der Waals surface area contributed by atoms with Crippen molar-refractivity contribution in [1.29, 1.82) is 0 Å². The van der Waals surface area contributed by atoms with Gasteiger partial charge >= 0.3 is 0 Å². The van der Waals surface area contributed by atoms with Crippen LogP contribution >= 0.6 is 11.6 Å². The van der Waals surface area contributed by atoms with E-state index in [-0.39, 0.29) is 11.8 Å². The third kappa shape index (κ3) is 5.20. The van der Waals surface area contributed by atoms with Crippen LogP contribution in [-0.2, 0) is 11.3 Å². The zero-order valence-corrected chi connectivity index (χ0v) is 21.0. The first-order chi connectivity index (χ1) is 17.0. The molecule has 1 fully saturated rings. The molecule has 0 radical (unpaired) electrons. The Labute approximate surface area is 211 Å². The van der Waals surface area contributed by atoms with Gasteiger partial charge in [-0.3, -0.25) is 4.79 Å². The van der Waals surface area contributed by atoms with E-state index in [1.165, 1.54) is 11.1 Å². The number of aryl methyl sites for hydroxylation is 3. The van der Waals surface area contributed by atoms with Crippen LogP contribution in [0.15, 0.2) is 66.7 Å². The Kier molecular flexibility index (Phi) is 6.78. The Hall–Kier alpha value is -3.31. The topological polar surface area (TPSA) is 47.4 Å². The number of ether oxygens (including phenoxy) is 1. The minimum absolute atomic E-state index is 0.0420. The molecule has 6 heteroatoms.